The molecule has 1 aromatic carbocycles. The first-order chi connectivity index (χ1) is 8.83. The van der Waals surface area contributed by atoms with E-state index in [2.05, 4.69) is 0 Å². The molecule has 0 fully saturated rings. The van der Waals surface area contributed by atoms with Crippen LogP contribution in [0.4, 0.5) is 0 Å². The monoisotopic (exact) mass is 244 g/mol. The summed E-state index contributed by atoms with van der Waals surface area (Å²) >= 11 is 0. The molecular weight excluding hydrogens is 228 g/mol. The minimum Gasteiger partial charge on any atom is -0.486 e. The van der Waals surface area contributed by atoms with Gasteiger partial charge in [0.2, 0.25) is 0 Å². The molecule has 0 radical (unpaired) electrons. The van der Waals surface area contributed by atoms with Crippen molar-refractivity contribution in [2.75, 3.05) is 13.2 Å². The van der Waals surface area contributed by atoms with E-state index in [0.717, 1.165) is 41.9 Å². The third kappa shape index (κ3) is 2.26. The van der Waals surface area contributed by atoms with Crippen LogP contribution in [0.5, 0.6) is 11.5 Å². The molecule has 0 unspecified atom stereocenters. The van der Waals surface area contributed by atoms with Crippen molar-refractivity contribution in [1.29, 1.82) is 0 Å². The number of fused-ring (bicyclic) bond motifs is 1. The fourth-order valence-corrected chi connectivity index (χ4v) is 2.42. The Bertz CT molecular complexity index is 502. The molecule has 3 rings (SSSR count). The smallest absolute Gasteiger partial charge is 0.161 e. The van der Waals surface area contributed by atoms with Gasteiger partial charge in [-0.2, -0.15) is 0 Å². The second kappa shape index (κ2) is 4.84. The van der Waals surface area contributed by atoms with Gasteiger partial charge in [-0.3, -0.25) is 4.79 Å². The Balaban J connectivity index is 1.93. The lowest BCUT2D eigenvalue weighted by atomic mass is 10.0. The normalized spacial score (nSPS) is 19.1. The van der Waals surface area contributed by atoms with Gasteiger partial charge in [0.25, 0.3) is 0 Å². The molecule has 0 bridgehead atoms. The first-order valence-corrected chi connectivity index (χ1v) is 6.46. The number of rotatable bonds is 1. The summed E-state index contributed by atoms with van der Waals surface area (Å²) in [5.41, 5.74) is 2.20. The minimum atomic E-state index is 0.234. The SMILES string of the molecule is O=C1C=C(c2ccc3c(c2)OCCO3)CCCC1. The van der Waals surface area contributed by atoms with Crippen molar-refractivity contribution in [1.82, 2.24) is 0 Å². The largest absolute Gasteiger partial charge is 0.486 e. The first kappa shape index (κ1) is 11.3. The zero-order valence-corrected chi connectivity index (χ0v) is 10.3. The first-order valence-electron chi connectivity index (χ1n) is 6.46. The number of carbonyl (C=O) groups is 1. The number of carbonyl (C=O) groups excluding carboxylic acids is 1. The van der Waals surface area contributed by atoms with E-state index in [1.807, 2.05) is 18.2 Å². The van der Waals surface area contributed by atoms with E-state index in [-0.39, 0.29) is 5.78 Å². The van der Waals surface area contributed by atoms with Crippen molar-refractivity contribution >= 4 is 11.4 Å². The van der Waals surface area contributed by atoms with Crippen LogP contribution in [0.3, 0.4) is 0 Å². The zero-order valence-electron chi connectivity index (χ0n) is 10.3. The van der Waals surface area contributed by atoms with Gasteiger partial charge in [-0.1, -0.05) is 6.07 Å². The average Bonchev–Trinajstić information content (AvgIpc) is 2.63. The summed E-state index contributed by atoms with van der Waals surface area (Å²) in [5.74, 6) is 1.82. The predicted molar refractivity (Wildman–Crippen MR) is 68.9 cm³/mol. The predicted octanol–water partition coefficient (Wildman–Crippen LogP) is 2.98. The van der Waals surface area contributed by atoms with Crippen LogP contribution in [-0.2, 0) is 4.79 Å². The summed E-state index contributed by atoms with van der Waals surface area (Å²) < 4.78 is 11.1. The third-order valence-electron chi connectivity index (χ3n) is 3.37. The van der Waals surface area contributed by atoms with Gasteiger partial charge in [-0.15, -0.1) is 0 Å². The van der Waals surface area contributed by atoms with Crippen molar-refractivity contribution in [3.63, 3.8) is 0 Å². The summed E-state index contributed by atoms with van der Waals surface area (Å²) in [7, 11) is 0. The second-order valence-electron chi connectivity index (χ2n) is 4.70. The van der Waals surface area contributed by atoms with Crippen LogP contribution in [0, 0.1) is 0 Å². The average molecular weight is 244 g/mol. The highest BCUT2D eigenvalue weighted by atomic mass is 16.6. The van der Waals surface area contributed by atoms with E-state index >= 15 is 0 Å². The van der Waals surface area contributed by atoms with Crippen molar-refractivity contribution in [3.05, 3.63) is 29.8 Å². The molecule has 1 heterocycles. The molecule has 0 N–H and O–H groups in total. The number of ether oxygens (including phenoxy) is 2. The number of hydrogen-bond donors (Lipinski definition) is 0. The van der Waals surface area contributed by atoms with Crippen LogP contribution < -0.4 is 9.47 Å². The van der Waals surface area contributed by atoms with Crippen LogP contribution in [0.2, 0.25) is 0 Å². The zero-order chi connectivity index (χ0) is 12.4. The van der Waals surface area contributed by atoms with Crippen molar-refractivity contribution in [3.8, 4) is 11.5 Å². The van der Waals surface area contributed by atoms with E-state index in [4.69, 9.17) is 9.47 Å². The van der Waals surface area contributed by atoms with Crippen molar-refractivity contribution < 1.29 is 14.3 Å². The molecule has 18 heavy (non-hydrogen) atoms. The van der Waals surface area contributed by atoms with Gasteiger partial charge in [-0.05, 0) is 48.6 Å². The molecule has 0 aromatic heterocycles. The highest BCUT2D eigenvalue weighted by Gasteiger charge is 2.15. The van der Waals surface area contributed by atoms with Gasteiger partial charge in [0.1, 0.15) is 13.2 Å². The van der Waals surface area contributed by atoms with Gasteiger partial charge in [-0.25, -0.2) is 0 Å². The molecule has 1 aromatic rings. The lowest BCUT2D eigenvalue weighted by Gasteiger charge is -2.19. The van der Waals surface area contributed by atoms with E-state index in [0.29, 0.717) is 19.6 Å². The molecule has 1 aliphatic carbocycles. The molecular formula is C15H16O3. The minimum absolute atomic E-state index is 0.234. The van der Waals surface area contributed by atoms with Crippen LogP contribution in [0.1, 0.15) is 31.2 Å². The molecule has 1 aliphatic heterocycles. The highest BCUT2D eigenvalue weighted by Crippen LogP contribution is 2.34. The summed E-state index contributed by atoms with van der Waals surface area (Å²) in [6.07, 6.45) is 5.49. The third-order valence-corrected chi connectivity index (χ3v) is 3.37. The van der Waals surface area contributed by atoms with Crippen molar-refractivity contribution in [2.24, 2.45) is 0 Å². The van der Waals surface area contributed by atoms with Gasteiger partial charge < -0.3 is 9.47 Å². The lowest BCUT2D eigenvalue weighted by Crippen LogP contribution is -2.15. The van der Waals surface area contributed by atoms with Crippen LogP contribution in [0.25, 0.3) is 5.57 Å². The molecule has 3 nitrogen and oxygen atoms in total. The maximum absolute atomic E-state index is 11.6. The Morgan fingerprint density at radius 3 is 2.61 bits per heavy atom. The van der Waals surface area contributed by atoms with Gasteiger partial charge in [0.15, 0.2) is 17.3 Å². The Labute approximate surface area is 106 Å². The second-order valence-corrected chi connectivity index (χ2v) is 4.70. The van der Waals surface area contributed by atoms with Crippen LogP contribution in [-0.4, -0.2) is 19.0 Å². The Kier molecular flexibility index (Phi) is 3.05. The maximum Gasteiger partial charge on any atom is 0.161 e. The van der Waals surface area contributed by atoms with Crippen LogP contribution >= 0.6 is 0 Å². The lowest BCUT2D eigenvalue weighted by molar-refractivity contribution is -0.114. The fourth-order valence-electron chi connectivity index (χ4n) is 2.42. The summed E-state index contributed by atoms with van der Waals surface area (Å²) in [4.78, 5) is 11.6. The standard InChI is InChI=1S/C15H16O3/c16-13-4-2-1-3-11(9-13)12-5-6-14-15(10-12)18-8-7-17-14/h5-6,9-10H,1-4,7-8H2. The number of hydrogen-bond acceptors (Lipinski definition) is 3. The van der Waals surface area contributed by atoms with Gasteiger partial charge >= 0.3 is 0 Å². The molecule has 3 heteroatoms. The van der Waals surface area contributed by atoms with Crippen molar-refractivity contribution in [2.45, 2.75) is 25.7 Å². The quantitative estimate of drug-likeness (QED) is 0.761. The number of benzene rings is 1. The van der Waals surface area contributed by atoms with Crippen LogP contribution in [0.15, 0.2) is 24.3 Å². The van der Waals surface area contributed by atoms with Gasteiger partial charge in [0, 0.05) is 6.42 Å². The van der Waals surface area contributed by atoms with E-state index < -0.39 is 0 Å². The maximum atomic E-state index is 11.6. The Morgan fingerprint density at radius 1 is 0.944 bits per heavy atom. The van der Waals surface area contributed by atoms with E-state index in [9.17, 15) is 4.79 Å². The summed E-state index contributed by atoms with van der Waals surface area (Å²) in [6, 6.07) is 5.93. The molecule has 0 saturated carbocycles. The van der Waals surface area contributed by atoms with Gasteiger partial charge in [0.05, 0.1) is 0 Å². The summed E-state index contributed by atoms with van der Waals surface area (Å²) in [5, 5.41) is 0. The number of ketones is 1. The topological polar surface area (TPSA) is 35.5 Å². The number of allylic oxidation sites excluding steroid dienone is 2. The highest BCUT2D eigenvalue weighted by molar-refractivity contribution is 5.97. The Hall–Kier alpha value is -1.77. The Morgan fingerprint density at radius 2 is 1.72 bits per heavy atom. The molecule has 2 aliphatic rings. The molecule has 0 atom stereocenters. The molecule has 94 valence electrons. The molecule has 0 amide bonds. The molecule has 0 spiro atoms. The van der Waals surface area contributed by atoms with E-state index in [1.54, 1.807) is 6.08 Å². The van der Waals surface area contributed by atoms with E-state index in [1.165, 1.54) is 0 Å². The summed E-state index contributed by atoms with van der Waals surface area (Å²) in [6.45, 7) is 1.20. The molecule has 0 saturated heterocycles. The fraction of sp³-hybridized carbons (Fsp3) is 0.400.